The number of nitrogens with one attached hydrogen (secondary N) is 3. The minimum Gasteiger partial charge on any atom is -0.324 e. The number of halogens is 1. The molecule has 3 aromatic rings. The molecule has 2 aromatic heterocycles. The summed E-state index contributed by atoms with van der Waals surface area (Å²) in [5.41, 5.74) is 5.68. The third kappa shape index (κ3) is 5.74. The van der Waals surface area contributed by atoms with E-state index in [2.05, 4.69) is 61.7 Å². The zero-order valence-corrected chi connectivity index (χ0v) is 21.0. The van der Waals surface area contributed by atoms with E-state index in [1.807, 2.05) is 19.9 Å². The molecule has 34 heavy (non-hydrogen) atoms. The Morgan fingerprint density at radius 3 is 2.59 bits per heavy atom. The van der Waals surface area contributed by atoms with Gasteiger partial charge in [-0.15, -0.1) is 0 Å². The molecule has 180 valence electrons. The first-order valence-corrected chi connectivity index (χ1v) is 12.1. The third-order valence-corrected chi connectivity index (χ3v) is 6.65. The second kappa shape index (κ2) is 10.5. The Hall–Kier alpha value is -2.97. The van der Waals surface area contributed by atoms with Gasteiger partial charge < -0.3 is 10.6 Å². The van der Waals surface area contributed by atoms with E-state index in [0.717, 1.165) is 42.9 Å². The number of hydrogen-bond donors (Lipinski definition) is 3. The van der Waals surface area contributed by atoms with Crippen LogP contribution in [-0.4, -0.2) is 50.5 Å². The van der Waals surface area contributed by atoms with E-state index in [4.69, 9.17) is 11.6 Å². The lowest BCUT2D eigenvalue weighted by molar-refractivity contribution is -0.120. The number of aryl methyl sites for hydroxylation is 3. The van der Waals surface area contributed by atoms with Gasteiger partial charge in [-0.3, -0.25) is 14.8 Å². The molecule has 3 heterocycles. The van der Waals surface area contributed by atoms with Gasteiger partial charge in [0.25, 0.3) is 0 Å². The maximum Gasteiger partial charge on any atom is 0.229 e. The molecule has 0 saturated carbocycles. The van der Waals surface area contributed by atoms with Crippen LogP contribution in [-0.2, 0) is 4.79 Å². The highest BCUT2D eigenvalue weighted by Gasteiger charge is 2.23. The average Bonchev–Trinajstić information content (AvgIpc) is 3.23. The Labute approximate surface area is 205 Å². The van der Waals surface area contributed by atoms with E-state index in [0.29, 0.717) is 47.3 Å². The van der Waals surface area contributed by atoms with Crippen molar-refractivity contribution in [2.24, 2.45) is 0 Å². The van der Waals surface area contributed by atoms with Crippen LogP contribution in [0.25, 0.3) is 0 Å². The van der Waals surface area contributed by atoms with Crippen LogP contribution in [0.3, 0.4) is 0 Å². The summed E-state index contributed by atoms with van der Waals surface area (Å²) in [6.45, 7) is 10.6. The monoisotopic (exact) mass is 481 g/mol. The third-order valence-electron chi connectivity index (χ3n) is 6.38. The molecule has 0 radical (unpaired) electrons. The molecule has 4 rings (SSSR count). The van der Waals surface area contributed by atoms with Crippen molar-refractivity contribution in [3.05, 3.63) is 51.8 Å². The van der Waals surface area contributed by atoms with Crippen LogP contribution in [0.15, 0.2) is 24.4 Å². The molecule has 8 nitrogen and oxygen atoms in total. The zero-order valence-electron chi connectivity index (χ0n) is 20.2. The van der Waals surface area contributed by atoms with Gasteiger partial charge in [-0.05, 0) is 75.4 Å². The molecule has 1 aromatic carbocycles. The Bertz CT molecular complexity index is 1170. The van der Waals surface area contributed by atoms with E-state index in [9.17, 15) is 4.79 Å². The summed E-state index contributed by atoms with van der Waals surface area (Å²) in [4.78, 5) is 23.0. The highest BCUT2D eigenvalue weighted by atomic mass is 35.5. The molecule has 1 aliphatic rings. The topological polar surface area (TPSA) is 98.8 Å². The predicted octanol–water partition coefficient (Wildman–Crippen LogP) is 5.42. The van der Waals surface area contributed by atoms with Crippen LogP contribution in [0.2, 0.25) is 5.02 Å². The first-order chi connectivity index (χ1) is 16.3. The van der Waals surface area contributed by atoms with Crippen LogP contribution < -0.4 is 10.6 Å². The van der Waals surface area contributed by atoms with Gasteiger partial charge in [0.1, 0.15) is 10.8 Å². The van der Waals surface area contributed by atoms with Gasteiger partial charge in [0, 0.05) is 23.9 Å². The Kier molecular flexibility index (Phi) is 7.48. The summed E-state index contributed by atoms with van der Waals surface area (Å²) in [7, 11) is 0. The number of piperidine rings is 1. The second-order valence-electron chi connectivity index (χ2n) is 9.04. The number of hydrogen-bond acceptors (Lipinski definition) is 7. The number of H-pyrrole nitrogens is 1. The standard InChI is InChI=1S/C25H32ClN7O/c1-5-19(34)14-33-8-6-18(7-9-33)20-10-16(3)22(11-15(20)2)28-25-27-13-21(26)24(30-25)29-23-12-17(4)31-32-23/h10-13,18H,5-9,14H2,1-4H3,(H3,27,28,29,30,31,32). The zero-order chi connectivity index (χ0) is 24.2. The fourth-order valence-electron chi connectivity index (χ4n) is 4.42. The number of Topliss-reactive ketones (excluding diaryl/α,β-unsaturated/α-hetero) is 1. The highest BCUT2D eigenvalue weighted by molar-refractivity contribution is 6.32. The number of carbonyl (C=O) groups is 1. The minimum absolute atomic E-state index is 0.322. The maximum atomic E-state index is 11.8. The molecule has 0 amide bonds. The molecule has 0 atom stereocenters. The summed E-state index contributed by atoms with van der Waals surface area (Å²) in [5, 5.41) is 13.9. The second-order valence-corrected chi connectivity index (χ2v) is 9.45. The molecule has 1 saturated heterocycles. The number of likely N-dealkylation sites (tertiary alicyclic amines) is 1. The Balaban J connectivity index is 1.45. The number of anilines is 4. The number of rotatable bonds is 8. The molecule has 3 N–H and O–H groups in total. The minimum atomic E-state index is 0.322. The molecular weight excluding hydrogens is 450 g/mol. The lowest BCUT2D eigenvalue weighted by Crippen LogP contribution is -2.36. The van der Waals surface area contributed by atoms with Crippen molar-refractivity contribution in [1.82, 2.24) is 25.1 Å². The largest absolute Gasteiger partial charge is 0.324 e. The van der Waals surface area contributed by atoms with Crippen molar-refractivity contribution >= 4 is 40.7 Å². The van der Waals surface area contributed by atoms with Gasteiger partial charge in [0.05, 0.1) is 12.7 Å². The first kappa shape index (κ1) is 24.2. The smallest absolute Gasteiger partial charge is 0.229 e. The van der Waals surface area contributed by atoms with Gasteiger partial charge in [0.15, 0.2) is 11.6 Å². The SMILES string of the molecule is CCC(=O)CN1CCC(c2cc(C)c(Nc3ncc(Cl)c(Nc4cc(C)[nH]n4)n3)cc2C)CC1. The van der Waals surface area contributed by atoms with Crippen molar-refractivity contribution in [3.8, 4) is 0 Å². The first-order valence-electron chi connectivity index (χ1n) is 11.8. The van der Waals surface area contributed by atoms with E-state index in [1.165, 1.54) is 11.1 Å². The summed E-state index contributed by atoms with van der Waals surface area (Å²) < 4.78 is 0. The molecule has 1 aliphatic heterocycles. The van der Waals surface area contributed by atoms with Crippen LogP contribution in [0.4, 0.5) is 23.3 Å². The molecule has 0 unspecified atom stereocenters. The van der Waals surface area contributed by atoms with Crippen molar-refractivity contribution in [1.29, 1.82) is 0 Å². The van der Waals surface area contributed by atoms with Gasteiger partial charge >= 0.3 is 0 Å². The van der Waals surface area contributed by atoms with Crippen LogP contribution in [0.5, 0.6) is 0 Å². The highest BCUT2D eigenvalue weighted by Crippen LogP contribution is 2.34. The van der Waals surface area contributed by atoms with Crippen LogP contribution in [0.1, 0.15) is 54.5 Å². The fraction of sp³-hybridized carbons (Fsp3) is 0.440. The maximum absolute atomic E-state index is 11.8. The van der Waals surface area contributed by atoms with E-state index in [-0.39, 0.29) is 0 Å². The van der Waals surface area contributed by atoms with E-state index in [1.54, 1.807) is 6.20 Å². The number of benzene rings is 1. The van der Waals surface area contributed by atoms with Gasteiger partial charge in [-0.1, -0.05) is 24.6 Å². The van der Waals surface area contributed by atoms with Crippen molar-refractivity contribution < 1.29 is 4.79 Å². The molecular formula is C25H32ClN7O. The average molecular weight is 482 g/mol. The Morgan fingerprint density at radius 1 is 1.15 bits per heavy atom. The van der Waals surface area contributed by atoms with Crippen molar-refractivity contribution in [3.63, 3.8) is 0 Å². The lowest BCUT2D eigenvalue weighted by Gasteiger charge is -2.32. The van der Waals surface area contributed by atoms with Crippen molar-refractivity contribution in [2.75, 3.05) is 30.3 Å². The number of aromatic nitrogens is 4. The number of ketones is 1. The van der Waals surface area contributed by atoms with Crippen LogP contribution >= 0.6 is 11.6 Å². The lowest BCUT2D eigenvalue weighted by atomic mass is 9.85. The summed E-state index contributed by atoms with van der Waals surface area (Å²) >= 11 is 6.29. The summed E-state index contributed by atoms with van der Waals surface area (Å²) in [5.74, 6) is 2.43. The molecule has 1 fully saturated rings. The van der Waals surface area contributed by atoms with E-state index >= 15 is 0 Å². The van der Waals surface area contributed by atoms with Gasteiger partial charge in [-0.2, -0.15) is 10.1 Å². The van der Waals surface area contributed by atoms with Gasteiger partial charge in [0.2, 0.25) is 5.95 Å². The molecule has 9 heteroatoms. The fourth-order valence-corrected chi connectivity index (χ4v) is 4.55. The van der Waals surface area contributed by atoms with Gasteiger partial charge in [-0.25, -0.2) is 4.98 Å². The van der Waals surface area contributed by atoms with Crippen molar-refractivity contribution in [2.45, 2.75) is 52.9 Å². The quantitative estimate of drug-likeness (QED) is 0.394. The predicted molar refractivity (Wildman–Crippen MR) is 137 cm³/mol. The Morgan fingerprint density at radius 2 is 1.91 bits per heavy atom. The number of carbonyl (C=O) groups excluding carboxylic acids is 1. The normalized spacial score (nSPS) is 14.9. The molecule has 0 bridgehead atoms. The molecule has 0 spiro atoms. The number of aromatic amines is 1. The summed E-state index contributed by atoms with van der Waals surface area (Å²) in [6.07, 6.45) is 4.34. The van der Waals surface area contributed by atoms with E-state index < -0.39 is 0 Å². The van der Waals surface area contributed by atoms with Crippen LogP contribution in [0, 0.1) is 20.8 Å². The number of nitrogens with zero attached hydrogens (tertiary/aromatic N) is 4. The molecule has 0 aliphatic carbocycles. The summed E-state index contributed by atoms with van der Waals surface area (Å²) in [6, 6.07) is 6.32.